The fraction of sp³-hybridized carbons (Fsp3) is 0.350. The van der Waals surface area contributed by atoms with Crippen molar-refractivity contribution in [3.05, 3.63) is 65.7 Å². The van der Waals surface area contributed by atoms with E-state index in [0.717, 1.165) is 23.3 Å². The van der Waals surface area contributed by atoms with E-state index in [0.29, 0.717) is 12.5 Å². The molecule has 0 aliphatic heterocycles. The highest BCUT2D eigenvalue weighted by Crippen LogP contribution is 2.29. The summed E-state index contributed by atoms with van der Waals surface area (Å²) in [6.07, 6.45) is 1.17. The molecule has 2 atom stereocenters. The van der Waals surface area contributed by atoms with Crippen molar-refractivity contribution in [2.24, 2.45) is 5.92 Å². The largest absolute Gasteiger partial charge is 0.493 e. The number of benzene rings is 2. The Morgan fingerprint density at radius 3 is 2.22 bits per heavy atom. The van der Waals surface area contributed by atoms with Crippen LogP contribution in [0.5, 0.6) is 5.75 Å². The highest BCUT2D eigenvalue weighted by Gasteiger charge is 2.17. The van der Waals surface area contributed by atoms with Crippen molar-refractivity contribution in [3.8, 4) is 5.75 Å². The maximum Gasteiger partial charge on any atom is 0.304 e. The third-order valence-corrected chi connectivity index (χ3v) is 4.09. The minimum atomic E-state index is -0.795. The smallest absolute Gasteiger partial charge is 0.304 e. The molecule has 0 heterocycles. The Balaban J connectivity index is 2.14. The first-order chi connectivity index (χ1) is 11.1. The van der Waals surface area contributed by atoms with E-state index in [1.54, 1.807) is 0 Å². The van der Waals surface area contributed by atoms with Gasteiger partial charge in [-0.2, -0.15) is 0 Å². The van der Waals surface area contributed by atoms with Crippen molar-refractivity contribution in [1.29, 1.82) is 0 Å². The Hall–Kier alpha value is -2.29. The van der Waals surface area contributed by atoms with E-state index in [1.165, 1.54) is 0 Å². The summed E-state index contributed by atoms with van der Waals surface area (Å²) < 4.78 is 5.76. The molecule has 0 bridgehead atoms. The predicted octanol–water partition coefficient (Wildman–Crippen LogP) is 4.72. The van der Waals surface area contributed by atoms with Crippen molar-refractivity contribution in [3.63, 3.8) is 0 Å². The lowest BCUT2D eigenvalue weighted by molar-refractivity contribution is -0.137. The van der Waals surface area contributed by atoms with Crippen molar-refractivity contribution < 1.29 is 14.6 Å². The third kappa shape index (κ3) is 5.13. The Labute approximate surface area is 137 Å². The fourth-order valence-corrected chi connectivity index (χ4v) is 2.44. The second-order valence-corrected chi connectivity index (χ2v) is 5.95. The van der Waals surface area contributed by atoms with Crippen molar-refractivity contribution in [2.45, 2.75) is 32.6 Å². The molecule has 2 rings (SSSR count). The zero-order valence-corrected chi connectivity index (χ0v) is 13.7. The number of carbonyl (C=O) groups is 1. The first-order valence-corrected chi connectivity index (χ1v) is 8.09. The molecule has 0 fully saturated rings. The first-order valence-electron chi connectivity index (χ1n) is 8.09. The van der Waals surface area contributed by atoms with Crippen LogP contribution in [0.3, 0.4) is 0 Å². The van der Waals surface area contributed by atoms with Crippen LogP contribution >= 0.6 is 0 Å². The van der Waals surface area contributed by atoms with Crippen LogP contribution in [-0.4, -0.2) is 17.7 Å². The van der Waals surface area contributed by atoms with Gasteiger partial charge in [0.1, 0.15) is 5.75 Å². The quantitative estimate of drug-likeness (QED) is 0.767. The van der Waals surface area contributed by atoms with Gasteiger partial charge in [0.15, 0.2) is 0 Å². The summed E-state index contributed by atoms with van der Waals surface area (Å²) in [5, 5.41) is 9.21. The standard InChI is InChI=1S/C20H24O3/c1-3-15(2)14-23-18-11-9-17(10-12-18)19(13-20(21)22)16-7-5-4-6-8-16/h4-12,15,19H,3,13-14H2,1-2H3,(H,21,22). The molecular formula is C20H24O3. The molecule has 0 aliphatic carbocycles. The maximum absolute atomic E-state index is 11.2. The summed E-state index contributed by atoms with van der Waals surface area (Å²) in [7, 11) is 0. The lowest BCUT2D eigenvalue weighted by atomic mass is 9.88. The molecule has 3 heteroatoms. The lowest BCUT2D eigenvalue weighted by Gasteiger charge is -2.17. The van der Waals surface area contributed by atoms with Crippen LogP contribution in [0.1, 0.15) is 43.7 Å². The van der Waals surface area contributed by atoms with Crippen LogP contribution in [0.25, 0.3) is 0 Å². The minimum Gasteiger partial charge on any atom is -0.493 e. The maximum atomic E-state index is 11.2. The number of hydrogen-bond acceptors (Lipinski definition) is 2. The van der Waals surface area contributed by atoms with E-state index in [-0.39, 0.29) is 12.3 Å². The fourth-order valence-electron chi connectivity index (χ4n) is 2.44. The van der Waals surface area contributed by atoms with Crippen LogP contribution < -0.4 is 4.74 Å². The van der Waals surface area contributed by atoms with E-state index >= 15 is 0 Å². The molecule has 3 nitrogen and oxygen atoms in total. The van der Waals surface area contributed by atoms with Crippen molar-refractivity contribution in [2.75, 3.05) is 6.61 Å². The van der Waals surface area contributed by atoms with Gasteiger partial charge >= 0.3 is 5.97 Å². The number of carboxylic acid groups (broad SMARTS) is 1. The van der Waals surface area contributed by atoms with Gasteiger partial charge in [0.05, 0.1) is 13.0 Å². The summed E-state index contributed by atoms with van der Waals surface area (Å²) in [5.41, 5.74) is 2.01. The van der Waals surface area contributed by atoms with Crippen LogP contribution in [0, 0.1) is 5.92 Å². The SMILES string of the molecule is CCC(C)COc1ccc(C(CC(=O)O)c2ccccc2)cc1. The highest BCUT2D eigenvalue weighted by atomic mass is 16.5. The zero-order valence-electron chi connectivity index (χ0n) is 13.7. The molecule has 1 N–H and O–H groups in total. The van der Waals surface area contributed by atoms with Gasteiger partial charge in [0.2, 0.25) is 0 Å². The topological polar surface area (TPSA) is 46.5 Å². The number of rotatable bonds is 8. The second kappa shape index (κ2) is 8.37. The van der Waals surface area contributed by atoms with Gasteiger partial charge < -0.3 is 9.84 Å². The average molecular weight is 312 g/mol. The normalized spacial score (nSPS) is 13.3. The summed E-state index contributed by atoms with van der Waals surface area (Å²) in [5.74, 6) is 0.420. The van der Waals surface area contributed by atoms with E-state index < -0.39 is 5.97 Å². The molecule has 0 saturated carbocycles. The van der Waals surface area contributed by atoms with E-state index in [1.807, 2.05) is 54.6 Å². The number of carboxylic acids is 1. The molecule has 23 heavy (non-hydrogen) atoms. The summed E-state index contributed by atoms with van der Waals surface area (Å²) in [6.45, 7) is 5.01. The molecule has 2 aromatic rings. The second-order valence-electron chi connectivity index (χ2n) is 5.95. The van der Waals surface area contributed by atoms with Crippen LogP contribution in [-0.2, 0) is 4.79 Å². The highest BCUT2D eigenvalue weighted by molar-refractivity contribution is 5.69. The average Bonchev–Trinajstić information content (AvgIpc) is 2.58. The van der Waals surface area contributed by atoms with Gasteiger partial charge in [-0.05, 0) is 29.2 Å². The Bertz CT molecular complexity index is 605. The van der Waals surface area contributed by atoms with Gasteiger partial charge in [-0.3, -0.25) is 4.79 Å². The Morgan fingerprint density at radius 1 is 1.04 bits per heavy atom. The molecular weight excluding hydrogens is 288 g/mol. The third-order valence-electron chi connectivity index (χ3n) is 4.09. The van der Waals surface area contributed by atoms with Crippen molar-refractivity contribution in [1.82, 2.24) is 0 Å². The number of hydrogen-bond donors (Lipinski definition) is 1. The van der Waals surface area contributed by atoms with E-state index in [2.05, 4.69) is 13.8 Å². The monoisotopic (exact) mass is 312 g/mol. The van der Waals surface area contributed by atoms with E-state index in [4.69, 9.17) is 4.74 Å². The van der Waals surface area contributed by atoms with Crippen LogP contribution in [0.2, 0.25) is 0 Å². The molecule has 0 radical (unpaired) electrons. The molecule has 0 spiro atoms. The molecule has 0 saturated heterocycles. The molecule has 0 aromatic heterocycles. The summed E-state index contributed by atoms with van der Waals surface area (Å²) in [6, 6.07) is 17.5. The Kier molecular flexibility index (Phi) is 6.21. The molecule has 0 aliphatic rings. The van der Waals surface area contributed by atoms with Gasteiger partial charge in [0.25, 0.3) is 0 Å². The van der Waals surface area contributed by atoms with Gasteiger partial charge in [-0.1, -0.05) is 62.7 Å². The lowest BCUT2D eigenvalue weighted by Crippen LogP contribution is -2.09. The number of aliphatic carboxylic acids is 1. The summed E-state index contributed by atoms with van der Waals surface area (Å²) in [4.78, 5) is 11.2. The molecule has 2 aromatic carbocycles. The van der Waals surface area contributed by atoms with E-state index in [9.17, 15) is 9.90 Å². The van der Waals surface area contributed by atoms with Crippen LogP contribution in [0.4, 0.5) is 0 Å². The van der Waals surface area contributed by atoms with Crippen LogP contribution in [0.15, 0.2) is 54.6 Å². The minimum absolute atomic E-state index is 0.0804. The molecule has 2 unspecified atom stereocenters. The predicted molar refractivity (Wildman–Crippen MR) is 91.9 cm³/mol. The molecule has 0 amide bonds. The summed E-state index contributed by atoms with van der Waals surface area (Å²) >= 11 is 0. The van der Waals surface area contributed by atoms with Gasteiger partial charge in [-0.15, -0.1) is 0 Å². The number of ether oxygens (including phenoxy) is 1. The Morgan fingerprint density at radius 2 is 1.65 bits per heavy atom. The van der Waals surface area contributed by atoms with Gasteiger partial charge in [-0.25, -0.2) is 0 Å². The van der Waals surface area contributed by atoms with Gasteiger partial charge in [0, 0.05) is 5.92 Å². The zero-order chi connectivity index (χ0) is 16.7. The molecule has 122 valence electrons. The van der Waals surface area contributed by atoms with Crippen molar-refractivity contribution >= 4 is 5.97 Å². The first kappa shape index (κ1) is 17.1.